The number of hydrogen-bond donors (Lipinski definition) is 1. The van der Waals surface area contributed by atoms with Gasteiger partial charge in [0.15, 0.2) is 5.13 Å². The predicted octanol–water partition coefficient (Wildman–Crippen LogP) is 2.24. The molecule has 0 spiro atoms. The summed E-state index contributed by atoms with van der Waals surface area (Å²) in [7, 11) is 0. The van der Waals surface area contributed by atoms with E-state index in [2.05, 4.69) is 32.1 Å². The minimum atomic E-state index is -0.0981. The third-order valence-electron chi connectivity index (χ3n) is 3.93. The highest BCUT2D eigenvalue weighted by atomic mass is 32.1. The summed E-state index contributed by atoms with van der Waals surface area (Å²) < 4.78 is 5.99. The molecule has 0 aliphatic carbocycles. The van der Waals surface area contributed by atoms with Crippen molar-refractivity contribution in [3.05, 3.63) is 29.2 Å². The Balaban J connectivity index is 1.57. The second kappa shape index (κ2) is 7.23. The summed E-state index contributed by atoms with van der Waals surface area (Å²) in [5.41, 5.74) is 0.901. The van der Waals surface area contributed by atoms with Gasteiger partial charge in [-0.2, -0.15) is 0 Å². The first-order chi connectivity index (χ1) is 11.5. The first-order valence-electron chi connectivity index (χ1n) is 7.91. The standard InChI is InChI=1S/C16H21N5O2S/c1-10-4-15(19-9-18-10)23-13-5-11(2)21(7-13)8-14-6-17-16(24-14)20-12(3)22/h4,6,9,11,13H,5,7-8H2,1-3H3,(H,17,20,22)/t11-,13+/m0/s1. The normalized spacial score (nSPS) is 21.0. The van der Waals surface area contributed by atoms with Gasteiger partial charge in [-0.05, 0) is 13.8 Å². The van der Waals surface area contributed by atoms with Crippen LogP contribution in [0.4, 0.5) is 5.13 Å². The Kier molecular flexibility index (Phi) is 5.06. The molecule has 1 saturated heterocycles. The number of carbonyl (C=O) groups excluding carboxylic acids is 1. The Bertz CT molecular complexity index is 720. The zero-order valence-corrected chi connectivity index (χ0v) is 14.8. The third-order valence-corrected chi connectivity index (χ3v) is 4.82. The summed E-state index contributed by atoms with van der Waals surface area (Å²) in [6, 6.07) is 2.28. The monoisotopic (exact) mass is 347 g/mol. The number of likely N-dealkylation sites (tertiary alicyclic amines) is 1. The van der Waals surface area contributed by atoms with Crippen molar-refractivity contribution < 1.29 is 9.53 Å². The Morgan fingerprint density at radius 2 is 2.29 bits per heavy atom. The highest BCUT2D eigenvalue weighted by molar-refractivity contribution is 7.15. The van der Waals surface area contributed by atoms with Gasteiger partial charge >= 0.3 is 0 Å². The molecule has 1 aliphatic rings. The molecule has 0 aromatic carbocycles. The van der Waals surface area contributed by atoms with E-state index in [4.69, 9.17) is 4.74 Å². The molecular formula is C16H21N5O2S. The SMILES string of the molecule is CC(=O)Nc1ncc(CN2C[C@H](Oc3cc(C)ncn3)C[C@@H]2C)s1. The molecule has 0 unspecified atom stereocenters. The van der Waals surface area contributed by atoms with E-state index in [0.717, 1.165) is 30.1 Å². The number of aromatic nitrogens is 3. The molecule has 2 aromatic rings. The van der Waals surface area contributed by atoms with Crippen molar-refractivity contribution in [2.75, 3.05) is 11.9 Å². The Morgan fingerprint density at radius 3 is 3.04 bits per heavy atom. The van der Waals surface area contributed by atoms with Gasteiger partial charge in [0.1, 0.15) is 12.4 Å². The second-order valence-corrected chi connectivity index (χ2v) is 7.18. The average molecular weight is 347 g/mol. The lowest BCUT2D eigenvalue weighted by atomic mass is 10.2. The van der Waals surface area contributed by atoms with Crippen LogP contribution in [0.25, 0.3) is 0 Å². The van der Waals surface area contributed by atoms with E-state index in [1.54, 1.807) is 0 Å². The summed E-state index contributed by atoms with van der Waals surface area (Å²) in [6.07, 6.45) is 4.43. The number of thiazole rings is 1. The molecule has 0 saturated carbocycles. The molecule has 3 rings (SSSR count). The molecule has 1 amide bonds. The van der Waals surface area contributed by atoms with Gasteiger partial charge in [0.05, 0.1) is 0 Å². The summed E-state index contributed by atoms with van der Waals surface area (Å²) in [4.78, 5) is 27.1. The lowest BCUT2D eigenvalue weighted by molar-refractivity contribution is -0.114. The summed E-state index contributed by atoms with van der Waals surface area (Å²) >= 11 is 1.51. The fourth-order valence-corrected chi connectivity index (χ4v) is 3.69. The molecule has 0 bridgehead atoms. The molecule has 8 heteroatoms. The van der Waals surface area contributed by atoms with Crippen LogP contribution in [0.1, 0.15) is 30.8 Å². The Morgan fingerprint density at radius 1 is 1.46 bits per heavy atom. The highest BCUT2D eigenvalue weighted by Gasteiger charge is 2.31. The number of anilines is 1. The zero-order valence-electron chi connectivity index (χ0n) is 14.0. The number of carbonyl (C=O) groups is 1. The van der Waals surface area contributed by atoms with Crippen LogP contribution in [0, 0.1) is 6.92 Å². The van der Waals surface area contributed by atoms with E-state index in [9.17, 15) is 4.79 Å². The van der Waals surface area contributed by atoms with Crippen molar-refractivity contribution in [1.82, 2.24) is 19.9 Å². The van der Waals surface area contributed by atoms with E-state index in [0.29, 0.717) is 17.1 Å². The van der Waals surface area contributed by atoms with Crippen molar-refractivity contribution in [3.8, 4) is 5.88 Å². The van der Waals surface area contributed by atoms with Crippen molar-refractivity contribution >= 4 is 22.4 Å². The Hall–Kier alpha value is -2.06. The maximum absolute atomic E-state index is 11.1. The molecule has 2 atom stereocenters. The molecule has 2 aromatic heterocycles. The van der Waals surface area contributed by atoms with E-state index < -0.39 is 0 Å². The van der Waals surface area contributed by atoms with Crippen molar-refractivity contribution in [2.45, 2.75) is 45.9 Å². The molecule has 3 heterocycles. The molecule has 1 fully saturated rings. The molecule has 128 valence electrons. The van der Waals surface area contributed by atoms with Gasteiger partial charge in [0.25, 0.3) is 0 Å². The molecule has 1 N–H and O–H groups in total. The van der Waals surface area contributed by atoms with Crippen LogP contribution in [0.3, 0.4) is 0 Å². The molecule has 1 aliphatic heterocycles. The molecular weight excluding hydrogens is 326 g/mol. The maximum atomic E-state index is 11.1. The van der Waals surface area contributed by atoms with Gasteiger partial charge in [-0.15, -0.1) is 11.3 Å². The van der Waals surface area contributed by atoms with Crippen LogP contribution >= 0.6 is 11.3 Å². The first-order valence-corrected chi connectivity index (χ1v) is 8.73. The van der Waals surface area contributed by atoms with Crippen LogP contribution in [0.2, 0.25) is 0 Å². The number of aryl methyl sites for hydroxylation is 1. The summed E-state index contributed by atoms with van der Waals surface area (Å²) in [5.74, 6) is 0.534. The van der Waals surface area contributed by atoms with Gasteiger partial charge in [-0.1, -0.05) is 0 Å². The van der Waals surface area contributed by atoms with Crippen LogP contribution in [-0.2, 0) is 11.3 Å². The largest absolute Gasteiger partial charge is 0.473 e. The van der Waals surface area contributed by atoms with Gasteiger partial charge < -0.3 is 10.1 Å². The molecule has 0 radical (unpaired) electrons. The fourth-order valence-electron chi connectivity index (χ4n) is 2.81. The van der Waals surface area contributed by atoms with Gasteiger partial charge in [-0.25, -0.2) is 15.0 Å². The smallest absolute Gasteiger partial charge is 0.223 e. The van der Waals surface area contributed by atoms with E-state index >= 15 is 0 Å². The van der Waals surface area contributed by atoms with E-state index in [-0.39, 0.29) is 12.0 Å². The maximum Gasteiger partial charge on any atom is 0.223 e. The minimum Gasteiger partial charge on any atom is -0.473 e. The van der Waals surface area contributed by atoms with Crippen molar-refractivity contribution in [3.63, 3.8) is 0 Å². The van der Waals surface area contributed by atoms with Gasteiger partial charge in [0, 0.05) is 55.3 Å². The number of rotatable bonds is 5. The fraction of sp³-hybridized carbons (Fsp3) is 0.500. The number of hydrogen-bond acceptors (Lipinski definition) is 7. The lowest BCUT2D eigenvalue weighted by Gasteiger charge is -2.19. The van der Waals surface area contributed by atoms with Crippen molar-refractivity contribution in [1.29, 1.82) is 0 Å². The number of nitrogens with zero attached hydrogens (tertiary/aromatic N) is 4. The third kappa shape index (κ3) is 4.27. The van der Waals surface area contributed by atoms with Crippen LogP contribution in [-0.4, -0.2) is 44.4 Å². The summed E-state index contributed by atoms with van der Waals surface area (Å²) in [6.45, 7) is 7.26. The van der Waals surface area contributed by atoms with E-state index in [1.165, 1.54) is 24.6 Å². The topological polar surface area (TPSA) is 80.2 Å². The zero-order chi connectivity index (χ0) is 17.1. The number of nitrogens with one attached hydrogen (secondary N) is 1. The lowest BCUT2D eigenvalue weighted by Crippen LogP contribution is -2.27. The van der Waals surface area contributed by atoms with E-state index in [1.807, 2.05) is 19.2 Å². The second-order valence-electron chi connectivity index (χ2n) is 6.06. The molecule has 7 nitrogen and oxygen atoms in total. The van der Waals surface area contributed by atoms with Gasteiger partial charge in [0.2, 0.25) is 11.8 Å². The minimum absolute atomic E-state index is 0.0981. The van der Waals surface area contributed by atoms with Crippen LogP contribution in [0.15, 0.2) is 18.6 Å². The average Bonchev–Trinajstić information content (AvgIpc) is 3.06. The van der Waals surface area contributed by atoms with Crippen LogP contribution in [0.5, 0.6) is 5.88 Å². The first kappa shape index (κ1) is 16.8. The number of ether oxygens (including phenoxy) is 1. The van der Waals surface area contributed by atoms with Gasteiger partial charge in [-0.3, -0.25) is 9.69 Å². The van der Waals surface area contributed by atoms with Crippen LogP contribution < -0.4 is 10.1 Å². The molecule has 24 heavy (non-hydrogen) atoms. The van der Waals surface area contributed by atoms with Crippen molar-refractivity contribution in [2.24, 2.45) is 0 Å². The summed E-state index contributed by atoms with van der Waals surface area (Å²) in [5, 5.41) is 3.37. The highest BCUT2D eigenvalue weighted by Crippen LogP contribution is 2.26. The Labute approximate surface area is 145 Å². The number of amides is 1. The quantitative estimate of drug-likeness (QED) is 0.893. The predicted molar refractivity (Wildman–Crippen MR) is 92.1 cm³/mol.